The van der Waals surface area contributed by atoms with E-state index in [4.69, 9.17) is 4.74 Å². The summed E-state index contributed by atoms with van der Waals surface area (Å²) >= 11 is 1.45. The van der Waals surface area contributed by atoms with Gasteiger partial charge < -0.3 is 4.74 Å². The Hall–Kier alpha value is -2.47. The van der Waals surface area contributed by atoms with Gasteiger partial charge in [0.15, 0.2) is 23.3 Å². The molecule has 0 radical (unpaired) electrons. The zero-order valence-electron chi connectivity index (χ0n) is 12.5. The lowest BCUT2D eigenvalue weighted by Crippen LogP contribution is -2.34. The van der Waals surface area contributed by atoms with Crippen molar-refractivity contribution in [2.45, 2.75) is 6.92 Å². The molecule has 118 valence electrons. The van der Waals surface area contributed by atoms with Gasteiger partial charge >= 0.3 is 0 Å². The Labute approximate surface area is 137 Å². The maximum atomic E-state index is 13.5. The maximum absolute atomic E-state index is 13.5. The molecule has 0 saturated carbocycles. The van der Waals surface area contributed by atoms with E-state index in [1.807, 2.05) is 31.2 Å². The lowest BCUT2D eigenvalue weighted by atomic mass is 10.3. The van der Waals surface area contributed by atoms with Gasteiger partial charge in [-0.2, -0.15) is 0 Å². The standard InChI is InChI=1S/C17H15FN2O2S/c1-2-20(17-19-13-8-4-6-10-15(13)23-17)16(21)11-22-14-9-5-3-7-12(14)18/h3-10H,2,11H2,1H3. The number of aromatic nitrogens is 1. The Morgan fingerprint density at radius 2 is 1.96 bits per heavy atom. The molecular weight excluding hydrogens is 315 g/mol. The van der Waals surface area contributed by atoms with Crippen LogP contribution in [-0.2, 0) is 4.79 Å². The third kappa shape index (κ3) is 3.32. The molecule has 0 atom stereocenters. The average molecular weight is 330 g/mol. The fourth-order valence-electron chi connectivity index (χ4n) is 2.17. The number of hydrogen-bond donors (Lipinski definition) is 0. The van der Waals surface area contributed by atoms with E-state index in [-0.39, 0.29) is 18.3 Å². The number of nitrogens with zero attached hydrogens (tertiary/aromatic N) is 2. The molecule has 0 fully saturated rings. The summed E-state index contributed by atoms with van der Waals surface area (Å²) in [4.78, 5) is 18.4. The smallest absolute Gasteiger partial charge is 0.266 e. The largest absolute Gasteiger partial charge is 0.481 e. The molecule has 4 nitrogen and oxygen atoms in total. The van der Waals surface area contributed by atoms with E-state index >= 15 is 0 Å². The molecule has 0 bridgehead atoms. The summed E-state index contributed by atoms with van der Waals surface area (Å²) in [6, 6.07) is 13.7. The molecule has 0 saturated heterocycles. The number of fused-ring (bicyclic) bond motifs is 1. The monoisotopic (exact) mass is 330 g/mol. The number of thiazole rings is 1. The van der Waals surface area contributed by atoms with Crippen LogP contribution in [0.4, 0.5) is 9.52 Å². The van der Waals surface area contributed by atoms with E-state index in [1.165, 1.54) is 23.5 Å². The van der Waals surface area contributed by atoms with E-state index < -0.39 is 5.82 Å². The number of benzene rings is 2. The number of hydrogen-bond acceptors (Lipinski definition) is 4. The second-order valence-corrected chi connectivity index (χ2v) is 5.83. The first kappa shape index (κ1) is 15.4. The summed E-state index contributed by atoms with van der Waals surface area (Å²) in [6.07, 6.45) is 0. The molecule has 3 rings (SSSR count). The molecule has 0 unspecified atom stereocenters. The summed E-state index contributed by atoms with van der Waals surface area (Å²) < 4.78 is 19.8. The van der Waals surface area contributed by atoms with Crippen molar-refractivity contribution in [1.29, 1.82) is 0 Å². The fourth-order valence-corrected chi connectivity index (χ4v) is 3.22. The lowest BCUT2D eigenvalue weighted by molar-refractivity contribution is -0.120. The van der Waals surface area contributed by atoms with E-state index in [0.29, 0.717) is 11.7 Å². The van der Waals surface area contributed by atoms with Gasteiger partial charge in [0, 0.05) is 6.54 Å². The SMILES string of the molecule is CCN(C(=O)COc1ccccc1F)c1nc2ccccc2s1. The Morgan fingerprint density at radius 1 is 1.22 bits per heavy atom. The van der Waals surface area contributed by atoms with E-state index in [1.54, 1.807) is 17.0 Å². The van der Waals surface area contributed by atoms with Gasteiger partial charge in [-0.15, -0.1) is 0 Å². The van der Waals surface area contributed by atoms with Crippen LogP contribution in [0.1, 0.15) is 6.92 Å². The fraction of sp³-hybridized carbons (Fsp3) is 0.176. The van der Waals surface area contributed by atoms with Crippen LogP contribution in [-0.4, -0.2) is 24.0 Å². The first-order valence-electron chi connectivity index (χ1n) is 7.22. The van der Waals surface area contributed by atoms with Gasteiger partial charge in [-0.1, -0.05) is 35.6 Å². The highest BCUT2D eigenvalue weighted by Gasteiger charge is 2.19. The Kier molecular flexibility index (Phi) is 4.52. The van der Waals surface area contributed by atoms with Crippen LogP contribution in [0.25, 0.3) is 10.2 Å². The first-order valence-corrected chi connectivity index (χ1v) is 8.04. The van der Waals surface area contributed by atoms with Gasteiger partial charge in [0.25, 0.3) is 5.91 Å². The molecule has 0 aliphatic rings. The highest BCUT2D eigenvalue weighted by molar-refractivity contribution is 7.22. The van der Waals surface area contributed by atoms with Crippen molar-refractivity contribution >= 4 is 32.6 Å². The first-order chi connectivity index (χ1) is 11.2. The van der Waals surface area contributed by atoms with Gasteiger partial charge in [0.2, 0.25) is 0 Å². The second-order valence-electron chi connectivity index (χ2n) is 4.82. The minimum atomic E-state index is -0.483. The Balaban J connectivity index is 1.75. The molecule has 0 N–H and O–H groups in total. The number of anilines is 1. The van der Waals surface area contributed by atoms with Crippen molar-refractivity contribution in [3.05, 3.63) is 54.3 Å². The zero-order valence-corrected chi connectivity index (χ0v) is 13.3. The number of para-hydroxylation sites is 2. The quantitative estimate of drug-likeness (QED) is 0.713. The van der Waals surface area contributed by atoms with Crippen molar-refractivity contribution in [3.8, 4) is 5.75 Å². The molecule has 0 spiro atoms. The number of carbonyl (C=O) groups is 1. The predicted octanol–water partition coefficient (Wildman–Crippen LogP) is 3.87. The van der Waals surface area contributed by atoms with Crippen LogP contribution in [0.15, 0.2) is 48.5 Å². The summed E-state index contributed by atoms with van der Waals surface area (Å²) in [5, 5.41) is 0.621. The van der Waals surface area contributed by atoms with E-state index in [9.17, 15) is 9.18 Å². The van der Waals surface area contributed by atoms with Crippen molar-refractivity contribution in [3.63, 3.8) is 0 Å². The number of rotatable bonds is 5. The van der Waals surface area contributed by atoms with Crippen LogP contribution in [0, 0.1) is 5.82 Å². The number of halogens is 1. The highest BCUT2D eigenvalue weighted by atomic mass is 32.1. The third-order valence-electron chi connectivity index (χ3n) is 3.32. The molecule has 1 aromatic heterocycles. The molecule has 23 heavy (non-hydrogen) atoms. The van der Waals surface area contributed by atoms with Gasteiger partial charge in [-0.25, -0.2) is 9.37 Å². The average Bonchev–Trinajstić information content (AvgIpc) is 2.98. The van der Waals surface area contributed by atoms with Gasteiger partial charge in [-0.05, 0) is 31.2 Å². The van der Waals surface area contributed by atoms with Gasteiger partial charge in [-0.3, -0.25) is 9.69 Å². The van der Waals surface area contributed by atoms with Gasteiger partial charge in [0.1, 0.15) is 0 Å². The summed E-state index contributed by atoms with van der Waals surface area (Å²) in [6.45, 7) is 2.11. The molecule has 3 aromatic rings. The predicted molar refractivity (Wildman–Crippen MR) is 89.5 cm³/mol. The Bertz CT molecular complexity index is 801. The van der Waals surface area contributed by atoms with Crippen LogP contribution in [0.5, 0.6) is 5.75 Å². The summed E-state index contributed by atoms with van der Waals surface area (Å²) in [5.41, 5.74) is 0.855. The highest BCUT2D eigenvalue weighted by Crippen LogP contribution is 2.28. The molecule has 0 aliphatic heterocycles. The molecule has 6 heteroatoms. The van der Waals surface area contributed by atoms with Crippen molar-refractivity contribution in [2.75, 3.05) is 18.1 Å². The normalized spacial score (nSPS) is 10.7. The topological polar surface area (TPSA) is 42.4 Å². The number of amides is 1. The van der Waals surface area contributed by atoms with E-state index in [2.05, 4.69) is 4.98 Å². The zero-order chi connectivity index (χ0) is 16.2. The minimum Gasteiger partial charge on any atom is -0.481 e. The molecular formula is C17H15FN2O2S. The van der Waals surface area contributed by atoms with Crippen molar-refractivity contribution in [2.24, 2.45) is 0 Å². The number of ether oxygens (including phenoxy) is 1. The van der Waals surface area contributed by atoms with Crippen LogP contribution >= 0.6 is 11.3 Å². The molecule has 1 heterocycles. The van der Waals surface area contributed by atoms with Crippen molar-refractivity contribution < 1.29 is 13.9 Å². The van der Waals surface area contributed by atoms with Crippen LogP contribution < -0.4 is 9.64 Å². The second kappa shape index (κ2) is 6.75. The van der Waals surface area contributed by atoms with E-state index in [0.717, 1.165) is 10.2 Å². The molecule has 1 amide bonds. The van der Waals surface area contributed by atoms with Crippen LogP contribution in [0.3, 0.4) is 0 Å². The van der Waals surface area contributed by atoms with Gasteiger partial charge in [0.05, 0.1) is 10.2 Å². The third-order valence-corrected chi connectivity index (χ3v) is 4.38. The maximum Gasteiger partial charge on any atom is 0.266 e. The molecule has 0 aliphatic carbocycles. The van der Waals surface area contributed by atoms with Crippen LogP contribution in [0.2, 0.25) is 0 Å². The van der Waals surface area contributed by atoms with Crippen molar-refractivity contribution in [1.82, 2.24) is 4.98 Å². The minimum absolute atomic E-state index is 0.0706. The Morgan fingerprint density at radius 3 is 2.70 bits per heavy atom. The lowest BCUT2D eigenvalue weighted by Gasteiger charge is -2.17. The number of carbonyl (C=O) groups excluding carboxylic acids is 1. The number of likely N-dealkylation sites (N-methyl/N-ethyl adjacent to an activating group) is 1. The summed E-state index contributed by atoms with van der Waals surface area (Å²) in [5.74, 6) is -0.667. The summed E-state index contributed by atoms with van der Waals surface area (Å²) in [7, 11) is 0. The molecule has 2 aromatic carbocycles.